The third kappa shape index (κ3) is 5.18. The minimum atomic E-state index is -4.34. The van der Waals surface area contributed by atoms with E-state index in [4.69, 9.17) is 13.9 Å². The minimum absolute atomic E-state index is 0.169. The van der Waals surface area contributed by atoms with Gasteiger partial charge >= 0.3 is 0 Å². The molecule has 1 atom stereocenters. The number of sulfonamides is 1. The number of aryl methyl sites for hydroxylation is 1. The highest BCUT2D eigenvalue weighted by atomic mass is 79.9. The number of nitrogens with one attached hydrogen (secondary N) is 1. The molecule has 11 nitrogen and oxygen atoms in total. The molecule has 4 aromatic rings. The van der Waals surface area contributed by atoms with Crippen molar-refractivity contribution in [1.29, 1.82) is 0 Å². The highest BCUT2D eigenvalue weighted by Gasteiger charge is 2.37. The van der Waals surface area contributed by atoms with E-state index in [2.05, 4.69) is 40.8 Å². The molecule has 0 spiro atoms. The molecule has 36 heavy (non-hydrogen) atoms. The third-order valence-electron chi connectivity index (χ3n) is 5.04. The zero-order valence-electron chi connectivity index (χ0n) is 19.7. The maximum atomic E-state index is 15.4. The summed E-state index contributed by atoms with van der Waals surface area (Å²) in [6.07, 6.45) is 2.67. The molecule has 1 aromatic carbocycles. The highest BCUT2D eigenvalue weighted by Crippen LogP contribution is 2.38. The Hall–Kier alpha value is -3.52. The molecule has 0 amide bonds. The summed E-state index contributed by atoms with van der Waals surface area (Å²) in [6, 6.07) is 8.43. The van der Waals surface area contributed by atoms with Crippen LogP contribution in [0.5, 0.6) is 11.5 Å². The second kappa shape index (κ2) is 9.85. The predicted molar refractivity (Wildman–Crippen MR) is 133 cm³/mol. The molecule has 4 rings (SSSR count). The van der Waals surface area contributed by atoms with E-state index in [0.29, 0.717) is 33.2 Å². The quantitative estimate of drug-likeness (QED) is 0.311. The highest BCUT2D eigenvalue weighted by molar-refractivity contribution is 9.10. The summed E-state index contributed by atoms with van der Waals surface area (Å²) >= 11 is 3.17. The Labute approximate surface area is 214 Å². The van der Waals surface area contributed by atoms with Crippen molar-refractivity contribution >= 4 is 31.9 Å². The van der Waals surface area contributed by atoms with E-state index in [1.165, 1.54) is 31.2 Å². The van der Waals surface area contributed by atoms with Crippen molar-refractivity contribution < 1.29 is 26.7 Å². The number of furan rings is 1. The summed E-state index contributed by atoms with van der Waals surface area (Å²) < 4.78 is 62.6. The molecule has 0 radical (unpaired) electrons. The number of benzene rings is 1. The fourth-order valence-electron chi connectivity index (χ4n) is 3.51. The topological polar surface area (TPSA) is 134 Å². The standard InChI is InChI=1S/C22H22BrFN6O5S/c1-13-8-9-17(35-13)19-27-28-21(30(19)18-15(33-3)6-5-7-16(18)34-4)29-36(31,32)12-22(2,24)20-25-10-14(23)11-26-20/h5-11H,12H2,1-4H3,(H,28,29)/t22-/m0/s1. The molecule has 0 saturated heterocycles. The van der Waals surface area contributed by atoms with Gasteiger partial charge in [0.15, 0.2) is 17.3 Å². The van der Waals surface area contributed by atoms with Crippen LogP contribution in [0.2, 0.25) is 0 Å². The van der Waals surface area contributed by atoms with E-state index in [1.807, 2.05) is 0 Å². The summed E-state index contributed by atoms with van der Waals surface area (Å²) in [5.41, 5.74) is -2.09. The predicted octanol–water partition coefficient (Wildman–Crippen LogP) is 4.03. The van der Waals surface area contributed by atoms with Crippen LogP contribution in [-0.4, -0.2) is 53.1 Å². The Morgan fingerprint density at radius 1 is 1.11 bits per heavy atom. The summed E-state index contributed by atoms with van der Waals surface area (Å²) in [5, 5.41) is 8.15. The molecule has 0 aliphatic heterocycles. The summed E-state index contributed by atoms with van der Waals surface area (Å²) in [6.45, 7) is 2.84. The van der Waals surface area contributed by atoms with Crippen LogP contribution in [0.1, 0.15) is 18.5 Å². The number of aromatic nitrogens is 5. The summed E-state index contributed by atoms with van der Waals surface area (Å²) in [5.74, 6) is 0.295. The summed E-state index contributed by atoms with van der Waals surface area (Å²) in [4.78, 5) is 7.79. The molecular weight excluding hydrogens is 559 g/mol. The second-order valence-electron chi connectivity index (χ2n) is 7.89. The maximum Gasteiger partial charge on any atom is 0.243 e. The molecular formula is C22H22BrFN6O5S. The van der Waals surface area contributed by atoms with Crippen molar-refractivity contribution in [3.63, 3.8) is 0 Å². The lowest BCUT2D eigenvalue weighted by atomic mass is 10.1. The molecule has 0 saturated carbocycles. The Morgan fingerprint density at radius 3 is 2.31 bits per heavy atom. The smallest absolute Gasteiger partial charge is 0.243 e. The average Bonchev–Trinajstić information content (AvgIpc) is 3.43. The minimum Gasteiger partial charge on any atom is -0.494 e. The summed E-state index contributed by atoms with van der Waals surface area (Å²) in [7, 11) is -1.43. The van der Waals surface area contributed by atoms with Gasteiger partial charge in [-0.3, -0.25) is 9.29 Å². The molecule has 0 fully saturated rings. The van der Waals surface area contributed by atoms with Crippen LogP contribution in [0.25, 0.3) is 17.3 Å². The lowest BCUT2D eigenvalue weighted by Crippen LogP contribution is -2.33. The van der Waals surface area contributed by atoms with Crippen molar-refractivity contribution in [1.82, 2.24) is 24.7 Å². The van der Waals surface area contributed by atoms with Gasteiger partial charge in [0.25, 0.3) is 0 Å². The zero-order chi connectivity index (χ0) is 26.1. The number of ether oxygens (including phenoxy) is 2. The van der Waals surface area contributed by atoms with Crippen LogP contribution in [0.3, 0.4) is 0 Å². The van der Waals surface area contributed by atoms with Gasteiger partial charge in [-0.2, -0.15) is 0 Å². The molecule has 1 N–H and O–H groups in total. The first kappa shape index (κ1) is 25.6. The van der Waals surface area contributed by atoms with Crippen LogP contribution in [0, 0.1) is 6.92 Å². The number of alkyl halides is 1. The zero-order valence-corrected chi connectivity index (χ0v) is 22.1. The van der Waals surface area contributed by atoms with E-state index < -0.39 is 21.4 Å². The van der Waals surface area contributed by atoms with Gasteiger partial charge < -0.3 is 13.9 Å². The number of hydrogen-bond donors (Lipinski definition) is 1. The Morgan fingerprint density at radius 2 is 1.75 bits per heavy atom. The van der Waals surface area contributed by atoms with Crippen molar-refractivity contribution in [2.45, 2.75) is 19.5 Å². The number of methoxy groups -OCH3 is 2. The first-order valence-corrected chi connectivity index (χ1v) is 12.9. The molecule has 0 unspecified atom stereocenters. The number of para-hydroxylation sites is 1. The number of nitrogens with zero attached hydrogens (tertiary/aromatic N) is 5. The van der Waals surface area contributed by atoms with Crippen molar-refractivity contribution in [3.05, 3.63) is 58.8 Å². The Kier molecular flexibility index (Phi) is 7.00. The monoisotopic (exact) mass is 580 g/mol. The molecule has 190 valence electrons. The largest absolute Gasteiger partial charge is 0.494 e. The molecule has 0 aliphatic rings. The van der Waals surface area contributed by atoms with Crippen molar-refractivity contribution in [2.24, 2.45) is 0 Å². The number of anilines is 1. The van der Waals surface area contributed by atoms with Gasteiger partial charge in [0.2, 0.25) is 21.8 Å². The van der Waals surface area contributed by atoms with Crippen LogP contribution in [0.15, 0.2) is 51.6 Å². The second-order valence-corrected chi connectivity index (χ2v) is 10.5. The molecule has 3 aromatic heterocycles. The van der Waals surface area contributed by atoms with E-state index in [9.17, 15) is 8.42 Å². The Bertz CT molecular complexity index is 1460. The van der Waals surface area contributed by atoms with E-state index in [0.717, 1.165) is 6.92 Å². The first-order valence-electron chi connectivity index (χ1n) is 10.5. The van der Waals surface area contributed by atoms with Gasteiger partial charge in [-0.15, -0.1) is 10.2 Å². The van der Waals surface area contributed by atoms with E-state index >= 15 is 4.39 Å². The third-order valence-corrected chi connectivity index (χ3v) is 6.87. The molecule has 0 aliphatic carbocycles. The SMILES string of the molecule is COc1cccc(OC)c1-n1c(NS(=O)(=O)C[C@](C)(F)c2ncc(Br)cn2)nnc1-c1ccc(C)o1. The molecule has 14 heteroatoms. The van der Waals surface area contributed by atoms with Crippen LogP contribution in [-0.2, 0) is 15.7 Å². The lowest BCUT2D eigenvalue weighted by Gasteiger charge is -2.20. The van der Waals surface area contributed by atoms with Gasteiger partial charge in [0.1, 0.15) is 28.7 Å². The van der Waals surface area contributed by atoms with E-state index in [1.54, 1.807) is 37.3 Å². The lowest BCUT2D eigenvalue weighted by molar-refractivity contribution is 0.210. The molecule has 3 heterocycles. The van der Waals surface area contributed by atoms with E-state index in [-0.39, 0.29) is 17.6 Å². The van der Waals surface area contributed by atoms with Gasteiger partial charge in [-0.1, -0.05) is 6.07 Å². The van der Waals surface area contributed by atoms with Gasteiger partial charge in [0.05, 0.1) is 18.7 Å². The van der Waals surface area contributed by atoms with Gasteiger partial charge in [0, 0.05) is 12.4 Å². The van der Waals surface area contributed by atoms with Crippen LogP contribution >= 0.6 is 15.9 Å². The first-order chi connectivity index (χ1) is 17.0. The van der Waals surface area contributed by atoms with Gasteiger partial charge in [-0.25, -0.2) is 22.8 Å². The fourth-order valence-corrected chi connectivity index (χ4v) is 5.04. The fraction of sp³-hybridized carbons (Fsp3) is 0.273. The normalized spacial score (nSPS) is 13.3. The average molecular weight is 581 g/mol. The van der Waals surface area contributed by atoms with Crippen LogP contribution < -0.4 is 14.2 Å². The van der Waals surface area contributed by atoms with Crippen molar-refractivity contribution in [2.75, 3.05) is 24.7 Å². The Balaban J connectivity index is 1.80. The molecule has 0 bridgehead atoms. The maximum absolute atomic E-state index is 15.4. The number of rotatable bonds is 9. The van der Waals surface area contributed by atoms with Crippen molar-refractivity contribution in [3.8, 4) is 28.8 Å². The van der Waals surface area contributed by atoms with Crippen LogP contribution in [0.4, 0.5) is 10.3 Å². The van der Waals surface area contributed by atoms with Gasteiger partial charge in [-0.05, 0) is 54.0 Å². The number of halogens is 2. The number of hydrogen-bond acceptors (Lipinski definition) is 9.